The van der Waals surface area contributed by atoms with Crippen LogP contribution >= 0.6 is 11.6 Å². The molecule has 1 N–H and O–H groups in total. The quantitative estimate of drug-likeness (QED) is 0.744. The third kappa shape index (κ3) is 1.90. The summed E-state index contributed by atoms with van der Waals surface area (Å²) in [5.41, 5.74) is -1.34. The molecule has 2 heterocycles. The Morgan fingerprint density at radius 2 is 2.05 bits per heavy atom. The van der Waals surface area contributed by atoms with Crippen LogP contribution in [0.4, 0.5) is 4.39 Å². The lowest BCUT2D eigenvalue weighted by atomic mass is 10.2. The van der Waals surface area contributed by atoms with Crippen molar-refractivity contribution in [1.82, 2.24) is 14.5 Å². The number of aromatic amines is 1. The summed E-state index contributed by atoms with van der Waals surface area (Å²) in [5, 5.41) is 0.454. The highest BCUT2D eigenvalue weighted by Gasteiger charge is 2.13. The van der Waals surface area contributed by atoms with Crippen molar-refractivity contribution in [2.45, 2.75) is 0 Å². The average Bonchev–Trinajstić information content (AvgIpc) is 2.43. The molecule has 7 heteroatoms. The van der Waals surface area contributed by atoms with Gasteiger partial charge in [-0.15, -0.1) is 0 Å². The summed E-state index contributed by atoms with van der Waals surface area (Å²) in [5.74, 6) is -0.643. The van der Waals surface area contributed by atoms with Gasteiger partial charge in [0.2, 0.25) is 0 Å². The molecule has 0 spiro atoms. The van der Waals surface area contributed by atoms with E-state index in [-0.39, 0.29) is 21.7 Å². The van der Waals surface area contributed by atoms with Crippen molar-refractivity contribution in [3.8, 4) is 5.69 Å². The van der Waals surface area contributed by atoms with Crippen molar-refractivity contribution in [1.29, 1.82) is 0 Å². The van der Waals surface area contributed by atoms with Crippen molar-refractivity contribution in [3.63, 3.8) is 0 Å². The van der Waals surface area contributed by atoms with Gasteiger partial charge < -0.3 is 0 Å². The smallest absolute Gasteiger partial charge is 0.273 e. The Bertz CT molecular complexity index is 933. The van der Waals surface area contributed by atoms with E-state index in [1.807, 2.05) is 0 Å². The van der Waals surface area contributed by atoms with Crippen LogP contribution in [0.2, 0.25) is 5.02 Å². The molecule has 0 saturated heterocycles. The molecule has 3 rings (SSSR count). The van der Waals surface area contributed by atoms with Crippen LogP contribution in [-0.4, -0.2) is 14.5 Å². The monoisotopic (exact) mass is 291 g/mol. The predicted octanol–water partition coefficient (Wildman–Crippen LogP) is 1.87. The number of hydrogen-bond donors (Lipinski definition) is 1. The third-order valence-corrected chi connectivity index (χ3v) is 3.05. The Morgan fingerprint density at radius 3 is 2.85 bits per heavy atom. The molecule has 0 saturated carbocycles. The molecule has 20 heavy (non-hydrogen) atoms. The van der Waals surface area contributed by atoms with Gasteiger partial charge in [0.25, 0.3) is 5.56 Å². The largest absolute Gasteiger partial charge is 0.334 e. The summed E-state index contributed by atoms with van der Waals surface area (Å²) in [4.78, 5) is 29.8. The fourth-order valence-corrected chi connectivity index (χ4v) is 2.12. The van der Waals surface area contributed by atoms with Crippen LogP contribution in [0.15, 0.2) is 46.1 Å². The normalized spacial score (nSPS) is 10.9. The van der Waals surface area contributed by atoms with E-state index in [4.69, 9.17) is 11.6 Å². The fraction of sp³-hybridized carbons (Fsp3) is 0. The van der Waals surface area contributed by atoms with Gasteiger partial charge in [0.1, 0.15) is 5.82 Å². The summed E-state index contributed by atoms with van der Waals surface area (Å²) in [6, 6.07) is 6.86. The number of aromatic nitrogens is 3. The number of fused-ring (bicyclic) bond motifs is 1. The zero-order chi connectivity index (χ0) is 14.3. The first-order valence-electron chi connectivity index (χ1n) is 5.63. The lowest BCUT2D eigenvalue weighted by Gasteiger charge is -2.09. The Morgan fingerprint density at radius 1 is 1.25 bits per heavy atom. The number of hydrogen-bond acceptors (Lipinski definition) is 3. The molecule has 3 aromatic rings. The van der Waals surface area contributed by atoms with Gasteiger partial charge in [0.05, 0.1) is 11.1 Å². The van der Waals surface area contributed by atoms with Crippen molar-refractivity contribution in [2.75, 3.05) is 0 Å². The summed E-state index contributed by atoms with van der Waals surface area (Å²) in [7, 11) is 0. The van der Waals surface area contributed by atoms with Crippen LogP contribution in [-0.2, 0) is 0 Å². The van der Waals surface area contributed by atoms with Crippen molar-refractivity contribution < 1.29 is 4.39 Å². The second-order valence-electron chi connectivity index (χ2n) is 4.06. The molecule has 0 radical (unpaired) electrons. The fourth-order valence-electron chi connectivity index (χ4n) is 1.95. The van der Waals surface area contributed by atoms with Crippen molar-refractivity contribution in [2.24, 2.45) is 0 Å². The minimum atomic E-state index is -0.776. The van der Waals surface area contributed by atoms with E-state index in [0.717, 1.165) is 10.6 Å². The maximum Gasteiger partial charge on any atom is 0.334 e. The highest BCUT2D eigenvalue weighted by Crippen LogP contribution is 2.19. The molecule has 2 aromatic heterocycles. The first kappa shape index (κ1) is 12.6. The molecular formula is C13H7ClFN3O2. The molecule has 0 aliphatic rings. The van der Waals surface area contributed by atoms with E-state index in [1.165, 1.54) is 24.4 Å². The molecular weight excluding hydrogens is 285 g/mol. The summed E-state index contributed by atoms with van der Waals surface area (Å²) < 4.78 is 14.9. The number of rotatable bonds is 1. The molecule has 5 nitrogen and oxygen atoms in total. The summed E-state index contributed by atoms with van der Waals surface area (Å²) in [6.45, 7) is 0. The van der Waals surface area contributed by atoms with Crippen LogP contribution in [0, 0.1) is 5.82 Å². The maximum atomic E-state index is 13.9. The lowest BCUT2D eigenvalue weighted by molar-refractivity contribution is 0.616. The van der Waals surface area contributed by atoms with Gasteiger partial charge in [-0.25, -0.2) is 18.7 Å². The molecule has 0 aliphatic heterocycles. The Kier molecular flexibility index (Phi) is 2.87. The first-order valence-corrected chi connectivity index (χ1v) is 6.01. The molecule has 0 unspecified atom stereocenters. The lowest BCUT2D eigenvalue weighted by Crippen LogP contribution is -2.30. The molecule has 1 aromatic carbocycles. The van der Waals surface area contributed by atoms with Crippen molar-refractivity contribution >= 4 is 22.6 Å². The Balaban J connectivity index is 2.51. The van der Waals surface area contributed by atoms with Gasteiger partial charge in [-0.05, 0) is 30.3 Å². The predicted molar refractivity (Wildman–Crippen MR) is 72.9 cm³/mol. The number of H-pyrrole nitrogens is 1. The highest BCUT2D eigenvalue weighted by atomic mass is 35.5. The zero-order valence-corrected chi connectivity index (χ0v) is 10.7. The number of halogens is 2. The molecule has 0 amide bonds. The van der Waals surface area contributed by atoms with Crippen molar-refractivity contribution in [3.05, 3.63) is 68.2 Å². The van der Waals surface area contributed by atoms with E-state index in [0.29, 0.717) is 0 Å². The van der Waals surface area contributed by atoms with Crippen LogP contribution in [0.5, 0.6) is 0 Å². The van der Waals surface area contributed by atoms with Crippen LogP contribution in [0.3, 0.4) is 0 Å². The molecule has 0 fully saturated rings. The first-order chi connectivity index (χ1) is 9.58. The summed E-state index contributed by atoms with van der Waals surface area (Å²) in [6.07, 6.45) is 1.42. The van der Waals surface area contributed by atoms with Gasteiger partial charge in [-0.3, -0.25) is 9.78 Å². The third-order valence-electron chi connectivity index (χ3n) is 2.82. The minimum absolute atomic E-state index is 0.0672. The number of benzene rings is 1. The average molecular weight is 292 g/mol. The Hall–Kier alpha value is -2.47. The van der Waals surface area contributed by atoms with E-state index in [2.05, 4.69) is 9.97 Å². The van der Waals surface area contributed by atoms with Gasteiger partial charge >= 0.3 is 5.69 Å². The minimum Gasteiger partial charge on any atom is -0.273 e. The number of pyridine rings is 1. The van der Waals surface area contributed by atoms with E-state index in [9.17, 15) is 14.0 Å². The second-order valence-corrected chi connectivity index (χ2v) is 4.50. The van der Waals surface area contributed by atoms with Gasteiger partial charge in [-0.2, -0.15) is 0 Å². The summed E-state index contributed by atoms with van der Waals surface area (Å²) >= 11 is 5.83. The van der Waals surface area contributed by atoms with Crippen LogP contribution in [0.25, 0.3) is 16.7 Å². The van der Waals surface area contributed by atoms with Crippen LogP contribution in [0.1, 0.15) is 0 Å². The number of nitrogens with one attached hydrogen (secondary N) is 1. The molecule has 0 bridgehead atoms. The topological polar surface area (TPSA) is 67.8 Å². The SMILES string of the molecule is O=c1[nH]c(=O)n(-c2cc(Cl)ccc2F)c2ncccc12. The molecule has 0 aliphatic carbocycles. The zero-order valence-electron chi connectivity index (χ0n) is 9.93. The second kappa shape index (κ2) is 4.57. The maximum absolute atomic E-state index is 13.9. The van der Waals surface area contributed by atoms with Gasteiger partial charge in [0, 0.05) is 11.2 Å². The highest BCUT2D eigenvalue weighted by molar-refractivity contribution is 6.30. The van der Waals surface area contributed by atoms with Gasteiger partial charge in [-0.1, -0.05) is 11.6 Å². The van der Waals surface area contributed by atoms with E-state index in [1.54, 1.807) is 6.07 Å². The number of nitrogens with zero attached hydrogens (tertiary/aromatic N) is 2. The Labute approximate surface area is 116 Å². The molecule has 100 valence electrons. The van der Waals surface area contributed by atoms with Gasteiger partial charge in [0.15, 0.2) is 5.65 Å². The van der Waals surface area contributed by atoms with Crippen LogP contribution < -0.4 is 11.2 Å². The molecule has 0 atom stereocenters. The standard InChI is InChI=1S/C13H7ClFN3O2/c14-7-3-4-9(15)10(6-7)18-11-8(2-1-5-16-11)12(19)17-13(18)20/h1-6H,(H,17,19,20). The van der Waals surface area contributed by atoms with E-state index >= 15 is 0 Å². The van der Waals surface area contributed by atoms with E-state index < -0.39 is 17.1 Å².